The molecule has 1 N–H and O–H groups in total. The van der Waals surface area contributed by atoms with Gasteiger partial charge in [-0.05, 0) is 30.7 Å². The number of aliphatic hydroxyl groups is 1. The number of rotatable bonds is 3. The number of carbonyl (C=O) groups excluding carboxylic acids is 1. The normalized spacial score (nSPS) is 14.2. The standard InChI is InChI=1S/C12H10F6O2/c1-6(19)2-10(20)7-3-8(11(13,14)15)5-9(4-7)12(16,17)18/h3-5,10,20H,2H2,1H3/t10-/m1/s1. The Morgan fingerprint density at radius 2 is 1.45 bits per heavy atom. The zero-order chi connectivity index (χ0) is 15.7. The fraction of sp³-hybridized carbons (Fsp3) is 0.417. The lowest BCUT2D eigenvalue weighted by atomic mass is 9.98. The van der Waals surface area contributed by atoms with E-state index in [2.05, 4.69) is 0 Å². The Bertz CT molecular complexity index is 471. The lowest BCUT2D eigenvalue weighted by molar-refractivity contribution is -0.143. The van der Waals surface area contributed by atoms with E-state index in [-0.39, 0.29) is 6.07 Å². The molecule has 0 aliphatic carbocycles. The molecule has 0 fully saturated rings. The fourth-order valence-electron chi connectivity index (χ4n) is 1.56. The number of Topliss-reactive ketones (excluding diaryl/α,β-unsaturated/α-hetero) is 1. The highest BCUT2D eigenvalue weighted by Gasteiger charge is 2.37. The molecule has 0 aliphatic heterocycles. The molecule has 0 aliphatic rings. The minimum absolute atomic E-state index is 0.0377. The monoisotopic (exact) mass is 300 g/mol. The molecule has 0 aromatic heterocycles. The van der Waals surface area contributed by atoms with Gasteiger partial charge in [-0.15, -0.1) is 0 Å². The number of carbonyl (C=O) groups is 1. The molecule has 0 saturated heterocycles. The van der Waals surface area contributed by atoms with Crippen LogP contribution in [-0.4, -0.2) is 10.9 Å². The predicted octanol–water partition coefficient (Wildman–Crippen LogP) is 3.74. The molecular weight excluding hydrogens is 290 g/mol. The van der Waals surface area contributed by atoms with Gasteiger partial charge in [-0.2, -0.15) is 26.3 Å². The third-order valence-electron chi connectivity index (χ3n) is 2.48. The maximum absolute atomic E-state index is 12.5. The Morgan fingerprint density at radius 1 is 1.05 bits per heavy atom. The van der Waals surface area contributed by atoms with Crippen LogP contribution in [-0.2, 0) is 17.1 Å². The molecule has 0 radical (unpaired) electrons. The molecule has 112 valence electrons. The fourth-order valence-corrected chi connectivity index (χ4v) is 1.56. The van der Waals surface area contributed by atoms with Crippen molar-refractivity contribution in [3.63, 3.8) is 0 Å². The molecule has 1 aromatic rings. The number of alkyl halides is 6. The summed E-state index contributed by atoms with van der Waals surface area (Å²) in [7, 11) is 0. The van der Waals surface area contributed by atoms with E-state index in [1.54, 1.807) is 0 Å². The van der Waals surface area contributed by atoms with Crippen molar-refractivity contribution in [2.45, 2.75) is 31.8 Å². The molecule has 2 nitrogen and oxygen atoms in total. The van der Waals surface area contributed by atoms with Gasteiger partial charge >= 0.3 is 12.4 Å². The summed E-state index contributed by atoms with van der Waals surface area (Å²) in [6, 6.07) is 0.773. The smallest absolute Gasteiger partial charge is 0.388 e. The first-order valence-corrected chi connectivity index (χ1v) is 5.38. The van der Waals surface area contributed by atoms with Gasteiger partial charge < -0.3 is 5.11 Å². The molecule has 0 amide bonds. The highest BCUT2D eigenvalue weighted by Crippen LogP contribution is 2.37. The number of benzene rings is 1. The third kappa shape index (κ3) is 4.22. The van der Waals surface area contributed by atoms with Crippen molar-refractivity contribution in [2.75, 3.05) is 0 Å². The van der Waals surface area contributed by atoms with E-state index in [4.69, 9.17) is 0 Å². The Labute approximate surface area is 110 Å². The molecule has 8 heteroatoms. The average Bonchev–Trinajstić information content (AvgIpc) is 2.25. The van der Waals surface area contributed by atoms with E-state index in [0.29, 0.717) is 12.1 Å². The van der Waals surface area contributed by atoms with Gasteiger partial charge in [-0.1, -0.05) is 0 Å². The predicted molar refractivity (Wildman–Crippen MR) is 56.7 cm³/mol. The average molecular weight is 300 g/mol. The van der Waals surface area contributed by atoms with Gasteiger partial charge in [0.15, 0.2) is 0 Å². The first-order valence-electron chi connectivity index (χ1n) is 5.38. The topological polar surface area (TPSA) is 37.3 Å². The largest absolute Gasteiger partial charge is 0.416 e. The molecule has 1 aromatic carbocycles. The van der Waals surface area contributed by atoms with Gasteiger partial charge in [0.25, 0.3) is 0 Å². The summed E-state index contributed by atoms with van der Waals surface area (Å²) in [5.74, 6) is -0.552. The van der Waals surface area contributed by atoms with Gasteiger partial charge in [-0.3, -0.25) is 4.79 Å². The Morgan fingerprint density at radius 3 is 1.75 bits per heavy atom. The Kier molecular flexibility index (Phi) is 4.48. The van der Waals surface area contributed by atoms with E-state index in [9.17, 15) is 36.2 Å². The van der Waals surface area contributed by atoms with Crippen LogP contribution in [0.2, 0.25) is 0 Å². The Hall–Kier alpha value is -1.57. The van der Waals surface area contributed by atoms with E-state index < -0.39 is 47.4 Å². The van der Waals surface area contributed by atoms with Crippen molar-refractivity contribution < 1.29 is 36.2 Å². The van der Waals surface area contributed by atoms with Gasteiger partial charge in [0.1, 0.15) is 5.78 Å². The van der Waals surface area contributed by atoms with E-state index in [0.717, 1.165) is 6.92 Å². The zero-order valence-corrected chi connectivity index (χ0v) is 10.1. The molecule has 0 spiro atoms. The van der Waals surface area contributed by atoms with Crippen LogP contribution < -0.4 is 0 Å². The van der Waals surface area contributed by atoms with Crippen LogP contribution in [0.4, 0.5) is 26.3 Å². The first-order chi connectivity index (χ1) is 8.91. The van der Waals surface area contributed by atoms with Crippen molar-refractivity contribution in [3.05, 3.63) is 34.9 Å². The maximum atomic E-state index is 12.5. The van der Waals surface area contributed by atoms with Crippen molar-refractivity contribution in [1.29, 1.82) is 0 Å². The molecule has 0 saturated carbocycles. The molecular formula is C12H10F6O2. The highest BCUT2D eigenvalue weighted by molar-refractivity contribution is 5.76. The van der Waals surface area contributed by atoms with Crippen LogP contribution in [0.25, 0.3) is 0 Å². The number of ketones is 1. The number of hydrogen-bond acceptors (Lipinski definition) is 2. The minimum Gasteiger partial charge on any atom is -0.388 e. The second kappa shape index (κ2) is 5.43. The van der Waals surface area contributed by atoms with Crippen LogP contribution in [0.15, 0.2) is 18.2 Å². The van der Waals surface area contributed by atoms with Gasteiger partial charge in [0.2, 0.25) is 0 Å². The van der Waals surface area contributed by atoms with Crippen LogP contribution in [0.1, 0.15) is 36.1 Å². The summed E-state index contributed by atoms with van der Waals surface area (Å²) in [6.45, 7) is 1.07. The van der Waals surface area contributed by atoms with E-state index in [1.807, 2.05) is 0 Å². The summed E-state index contributed by atoms with van der Waals surface area (Å²) < 4.78 is 75.3. The minimum atomic E-state index is -4.98. The van der Waals surface area contributed by atoms with Crippen molar-refractivity contribution in [3.8, 4) is 0 Å². The molecule has 0 bridgehead atoms. The molecule has 0 unspecified atom stereocenters. The van der Waals surface area contributed by atoms with Gasteiger partial charge in [0.05, 0.1) is 17.2 Å². The molecule has 20 heavy (non-hydrogen) atoms. The quantitative estimate of drug-likeness (QED) is 0.864. The summed E-state index contributed by atoms with van der Waals surface area (Å²) in [4.78, 5) is 10.8. The zero-order valence-electron chi connectivity index (χ0n) is 10.1. The summed E-state index contributed by atoms with van der Waals surface area (Å²) in [6.07, 6.45) is -12.2. The number of hydrogen-bond donors (Lipinski definition) is 1. The second-order valence-electron chi connectivity index (χ2n) is 4.26. The third-order valence-corrected chi connectivity index (χ3v) is 2.48. The molecule has 1 rings (SSSR count). The van der Waals surface area contributed by atoms with Crippen molar-refractivity contribution >= 4 is 5.78 Å². The molecule has 0 heterocycles. The van der Waals surface area contributed by atoms with E-state index >= 15 is 0 Å². The molecule has 1 atom stereocenters. The SMILES string of the molecule is CC(=O)C[C@@H](O)c1cc(C(F)(F)F)cc(C(F)(F)F)c1. The Balaban J connectivity index is 3.34. The van der Waals surface area contributed by atoms with Crippen LogP contribution in [0.5, 0.6) is 0 Å². The number of aliphatic hydroxyl groups excluding tert-OH is 1. The maximum Gasteiger partial charge on any atom is 0.416 e. The lowest BCUT2D eigenvalue weighted by Gasteiger charge is -2.16. The highest BCUT2D eigenvalue weighted by atomic mass is 19.4. The van der Waals surface area contributed by atoms with Gasteiger partial charge in [0, 0.05) is 6.42 Å². The number of halogens is 6. The first kappa shape index (κ1) is 16.5. The second-order valence-corrected chi connectivity index (χ2v) is 4.26. The summed E-state index contributed by atoms with van der Waals surface area (Å²) >= 11 is 0. The van der Waals surface area contributed by atoms with Crippen LogP contribution >= 0.6 is 0 Å². The van der Waals surface area contributed by atoms with Crippen molar-refractivity contribution in [2.24, 2.45) is 0 Å². The van der Waals surface area contributed by atoms with Crippen LogP contribution in [0, 0.1) is 0 Å². The summed E-state index contributed by atoms with van der Waals surface area (Å²) in [5, 5.41) is 9.52. The lowest BCUT2D eigenvalue weighted by Crippen LogP contribution is -2.13. The van der Waals surface area contributed by atoms with Crippen molar-refractivity contribution in [1.82, 2.24) is 0 Å². The van der Waals surface area contributed by atoms with Crippen LogP contribution in [0.3, 0.4) is 0 Å². The summed E-state index contributed by atoms with van der Waals surface area (Å²) in [5.41, 5.74) is -3.64. The van der Waals surface area contributed by atoms with Gasteiger partial charge in [-0.25, -0.2) is 0 Å². The van der Waals surface area contributed by atoms with E-state index in [1.165, 1.54) is 0 Å².